The molecule has 3 N–H and O–H groups in total. The van der Waals surface area contributed by atoms with Gasteiger partial charge in [0, 0.05) is 35.0 Å². The van der Waals surface area contributed by atoms with Gasteiger partial charge in [0.2, 0.25) is 0 Å². The monoisotopic (exact) mass is 432 g/mol. The summed E-state index contributed by atoms with van der Waals surface area (Å²) >= 11 is 6.05. The first-order valence-corrected chi connectivity index (χ1v) is 10.1. The molecule has 162 valence electrons. The molecular weight excluding hydrogens is 404 g/mol. The van der Waals surface area contributed by atoms with Gasteiger partial charge in [0.25, 0.3) is 5.91 Å². The summed E-state index contributed by atoms with van der Waals surface area (Å²) in [7, 11) is 0. The molecular formula is C23H29ClN2O4. The minimum atomic E-state index is -0.897. The summed E-state index contributed by atoms with van der Waals surface area (Å²) in [4.78, 5) is 12.5. The van der Waals surface area contributed by atoms with Crippen LogP contribution in [0.1, 0.15) is 34.0 Å². The summed E-state index contributed by atoms with van der Waals surface area (Å²) in [6.45, 7) is 10.8. The summed E-state index contributed by atoms with van der Waals surface area (Å²) in [5.41, 5.74) is 3.93. The van der Waals surface area contributed by atoms with Gasteiger partial charge < -0.3 is 25.2 Å². The third kappa shape index (κ3) is 7.71. The first-order chi connectivity index (χ1) is 14.3. The van der Waals surface area contributed by atoms with Crippen LogP contribution < -0.4 is 15.4 Å². The van der Waals surface area contributed by atoms with E-state index in [1.165, 1.54) is 0 Å². The number of carbonyl (C=O) groups is 1. The van der Waals surface area contributed by atoms with Gasteiger partial charge in [0.1, 0.15) is 12.4 Å². The zero-order valence-corrected chi connectivity index (χ0v) is 18.4. The number of hydrogen-bond donors (Lipinski definition) is 3. The van der Waals surface area contributed by atoms with E-state index in [0.29, 0.717) is 35.2 Å². The van der Waals surface area contributed by atoms with Crippen LogP contribution in [0.15, 0.2) is 48.7 Å². The Labute approximate surface area is 182 Å². The van der Waals surface area contributed by atoms with Crippen LogP contribution in [0, 0.1) is 13.8 Å². The Morgan fingerprint density at radius 2 is 1.93 bits per heavy atom. The van der Waals surface area contributed by atoms with Crippen molar-refractivity contribution < 1.29 is 19.4 Å². The van der Waals surface area contributed by atoms with Gasteiger partial charge in [-0.05, 0) is 56.2 Å². The smallest absolute Gasteiger partial charge is 0.251 e. The number of carbonyl (C=O) groups excluding carboxylic acids is 1. The topological polar surface area (TPSA) is 79.8 Å². The Morgan fingerprint density at radius 1 is 1.17 bits per heavy atom. The van der Waals surface area contributed by atoms with Gasteiger partial charge in [0.05, 0.1) is 6.54 Å². The molecule has 1 amide bonds. The number of hydrogen-bond acceptors (Lipinski definition) is 5. The second-order valence-corrected chi connectivity index (χ2v) is 7.43. The second kappa shape index (κ2) is 11.6. The summed E-state index contributed by atoms with van der Waals surface area (Å²) in [6.07, 6.45) is -0.897. The maximum atomic E-state index is 12.5. The quantitative estimate of drug-likeness (QED) is 0.471. The van der Waals surface area contributed by atoms with E-state index in [1.807, 2.05) is 39.0 Å². The van der Waals surface area contributed by atoms with Gasteiger partial charge in [0.15, 0.2) is 6.29 Å². The standard InChI is InChI=1S/C23H29ClN2O4/c1-5-29-22(27)13-25-17(4)14-30-21-10-15(2)6-7-18(21)12-26-23(28)19-8-16(3)9-20(24)11-19/h6-11,22,25,27H,4-5,12-14H2,1-3H3,(H,26,28). The fourth-order valence-corrected chi connectivity index (χ4v) is 3.08. The van der Waals surface area contributed by atoms with E-state index in [4.69, 9.17) is 21.1 Å². The van der Waals surface area contributed by atoms with Gasteiger partial charge in [-0.15, -0.1) is 0 Å². The lowest BCUT2D eigenvalue weighted by atomic mass is 10.1. The van der Waals surface area contributed by atoms with Crippen molar-refractivity contribution in [2.45, 2.75) is 33.6 Å². The average Bonchev–Trinajstić information content (AvgIpc) is 2.69. The third-order valence-corrected chi connectivity index (χ3v) is 4.47. The minimum Gasteiger partial charge on any atom is -0.487 e. The summed E-state index contributed by atoms with van der Waals surface area (Å²) in [6, 6.07) is 11.0. The highest BCUT2D eigenvalue weighted by atomic mass is 35.5. The number of rotatable bonds is 11. The molecule has 2 rings (SSSR count). The number of ether oxygens (including phenoxy) is 2. The molecule has 0 heterocycles. The van der Waals surface area contributed by atoms with E-state index in [0.717, 1.165) is 16.7 Å². The van der Waals surface area contributed by atoms with Gasteiger partial charge in [-0.25, -0.2) is 0 Å². The molecule has 0 saturated heterocycles. The first kappa shape index (κ1) is 23.7. The van der Waals surface area contributed by atoms with E-state index >= 15 is 0 Å². The molecule has 0 aliphatic rings. The molecule has 0 aliphatic heterocycles. The lowest BCUT2D eigenvalue weighted by Crippen LogP contribution is -2.30. The Hall–Kier alpha value is -2.54. The fraction of sp³-hybridized carbons (Fsp3) is 0.348. The van der Waals surface area contributed by atoms with Crippen LogP contribution in [0.3, 0.4) is 0 Å². The molecule has 6 nitrogen and oxygen atoms in total. The highest BCUT2D eigenvalue weighted by Crippen LogP contribution is 2.21. The van der Waals surface area contributed by atoms with Crippen LogP contribution in [-0.2, 0) is 11.3 Å². The number of benzene rings is 2. The van der Waals surface area contributed by atoms with Crippen molar-refractivity contribution in [1.82, 2.24) is 10.6 Å². The number of aryl methyl sites for hydroxylation is 2. The highest BCUT2D eigenvalue weighted by molar-refractivity contribution is 6.31. The predicted molar refractivity (Wildman–Crippen MR) is 119 cm³/mol. The minimum absolute atomic E-state index is 0.205. The van der Waals surface area contributed by atoms with Crippen molar-refractivity contribution in [3.05, 3.63) is 76.0 Å². The summed E-state index contributed by atoms with van der Waals surface area (Å²) < 4.78 is 10.9. The maximum Gasteiger partial charge on any atom is 0.251 e. The van der Waals surface area contributed by atoms with Gasteiger partial charge in [-0.1, -0.05) is 30.3 Å². The SMILES string of the molecule is C=C(COc1cc(C)ccc1CNC(=O)c1cc(C)cc(Cl)c1)NCC(O)OCC. The molecule has 7 heteroatoms. The molecule has 2 aromatic carbocycles. The van der Waals surface area contributed by atoms with E-state index in [1.54, 1.807) is 18.2 Å². The summed E-state index contributed by atoms with van der Waals surface area (Å²) in [5, 5.41) is 16.0. The van der Waals surface area contributed by atoms with Crippen molar-refractivity contribution in [2.75, 3.05) is 19.8 Å². The number of halogens is 1. The van der Waals surface area contributed by atoms with Gasteiger partial charge in [-0.3, -0.25) is 4.79 Å². The maximum absolute atomic E-state index is 12.5. The molecule has 0 bridgehead atoms. The molecule has 0 aromatic heterocycles. The van der Waals surface area contributed by atoms with Crippen LogP contribution in [-0.4, -0.2) is 37.1 Å². The lowest BCUT2D eigenvalue weighted by molar-refractivity contribution is -0.0903. The molecule has 1 atom stereocenters. The Morgan fingerprint density at radius 3 is 2.63 bits per heavy atom. The molecule has 0 spiro atoms. The zero-order valence-electron chi connectivity index (χ0n) is 17.6. The average molecular weight is 433 g/mol. The molecule has 0 radical (unpaired) electrons. The Balaban J connectivity index is 1.96. The largest absolute Gasteiger partial charge is 0.487 e. The molecule has 0 fully saturated rings. The Bertz CT molecular complexity index is 865. The van der Waals surface area contributed by atoms with Crippen molar-refractivity contribution in [3.8, 4) is 5.75 Å². The lowest BCUT2D eigenvalue weighted by Gasteiger charge is -2.17. The normalized spacial score (nSPS) is 11.6. The Kier molecular flexibility index (Phi) is 9.17. The van der Waals surface area contributed by atoms with Gasteiger partial charge in [-0.2, -0.15) is 0 Å². The van der Waals surface area contributed by atoms with E-state index in [-0.39, 0.29) is 19.1 Å². The van der Waals surface area contributed by atoms with Crippen molar-refractivity contribution in [2.24, 2.45) is 0 Å². The fourth-order valence-electron chi connectivity index (χ4n) is 2.79. The third-order valence-electron chi connectivity index (χ3n) is 4.25. The van der Waals surface area contributed by atoms with Crippen LogP contribution >= 0.6 is 11.6 Å². The molecule has 0 aliphatic carbocycles. The van der Waals surface area contributed by atoms with E-state index < -0.39 is 6.29 Å². The number of aliphatic hydroxyl groups excluding tert-OH is 1. The number of aliphatic hydroxyl groups is 1. The van der Waals surface area contributed by atoms with Crippen molar-refractivity contribution in [3.63, 3.8) is 0 Å². The van der Waals surface area contributed by atoms with Crippen LogP contribution in [0.4, 0.5) is 0 Å². The van der Waals surface area contributed by atoms with Crippen LogP contribution in [0.5, 0.6) is 5.75 Å². The van der Waals surface area contributed by atoms with Crippen LogP contribution in [0.2, 0.25) is 5.02 Å². The molecule has 1 unspecified atom stereocenters. The van der Waals surface area contributed by atoms with E-state index in [2.05, 4.69) is 17.2 Å². The second-order valence-electron chi connectivity index (χ2n) is 6.99. The molecule has 30 heavy (non-hydrogen) atoms. The number of nitrogens with one attached hydrogen (secondary N) is 2. The first-order valence-electron chi connectivity index (χ1n) is 9.77. The molecule has 2 aromatic rings. The van der Waals surface area contributed by atoms with Crippen LogP contribution in [0.25, 0.3) is 0 Å². The van der Waals surface area contributed by atoms with Crippen molar-refractivity contribution in [1.29, 1.82) is 0 Å². The van der Waals surface area contributed by atoms with Crippen molar-refractivity contribution >= 4 is 17.5 Å². The highest BCUT2D eigenvalue weighted by Gasteiger charge is 2.11. The molecule has 0 saturated carbocycles. The summed E-state index contributed by atoms with van der Waals surface area (Å²) in [5.74, 6) is 0.453. The predicted octanol–water partition coefficient (Wildman–Crippen LogP) is 3.72. The van der Waals surface area contributed by atoms with Gasteiger partial charge >= 0.3 is 0 Å². The number of amides is 1. The zero-order chi connectivity index (χ0) is 22.1. The van der Waals surface area contributed by atoms with E-state index in [9.17, 15) is 9.90 Å².